The third-order valence-corrected chi connectivity index (χ3v) is 3.45. The van der Waals surface area contributed by atoms with Crippen LogP contribution in [-0.2, 0) is 0 Å². The number of hydrogen-bond donors (Lipinski definition) is 0. The Kier molecular flexibility index (Phi) is 5.08. The largest absolute Gasteiger partial charge is 0.100 e. The van der Waals surface area contributed by atoms with E-state index in [0.29, 0.717) is 11.8 Å². The van der Waals surface area contributed by atoms with Gasteiger partial charge >= 0.3 is 0 Å². The van der Waals surface area contributed by atoms with Gasteiger partial charge in [-0.1, -0.05) is 49.6 Å². The van der Waals surface area contributed by atoms with Crippen molar-refractivity contribution in [3.8, 4) is 0 Å². The molecule has 0 radical (unpaired) electrons. The molecule has 0 bridgehead atoms. The zero-order valence-corrected chi connectivity index (χ0v) is 11.2. The molecule has 0 heterocycles. The van der Waals surface area contributed by atoms with E-state index in [-0.39, 0.29) is 0 Å². The highest BCUT2D eigenvalue weighted by molar-refractivity contribution is 6.30. The summed E-state index contributed by atoms with van der Waals surface area (Å²) < 4.78 is 0. The van der Waals surface area contributed by atoms with Gasteiger partial charge in [-0.15, -0.1) is 6.58 Å². The van der Waals surface area contributed by atoms with Gasteiger partial charge in [0.15, 0.2) is 0 Å². The maximum Gasteiger partial charge on any atom is 0.0406 e. The number of allylic oxidation sites excluding steroid dienone is 1. The van der Waals surface area contributed by atoms with E-state index in [1.54, 1.807) is 0 Å². The van der Waals surface area contributed by atoms with Crippen LogP contribution in [0.5, 0.6) is 0 Å². The van der Waals surface area contributed by atoms with Crippen molar-refractivity contribution in [2.24, 2.45) is 5.92 Å². The Labute approximate surface area is 104 Å². The van der Waals surface area contributed by atoms with Crippen LogP contribution in [0, 0.1) is 5.92 Å². The molecule has 0 aromatic heterocycles. The topological polar surface area (TPSA) is 0 Å². The maximum absolute atomic E-state index is 5.92. The smallest absolute Gasteiger partial charge is 0.0406 e. The first-order valence-electron chi connectivity index (χ1n) is 5.94. The van der Waals surface area contributed by atoms with Crippen molar-refractivity contribution in [3.63, 3.8) is 0 Å². The molecule has 0 nitrogen and oxygen atoms in total. The minimum absolute atomic E-state index is 0.569. The van der Waals surface area contributed by atoms with Crippen molar-refractivity contribution in [2.45, 2.75) is 39.5 Å². The van der Waals surface area contributed by atoms with Crippen LogP contribution in [0.4, 0.5) is 0 Å². The molecule has 0 fully saturated rings. The first-order valence-corrected chi connectivity index (χ1v) is 6.32. The van der Waals surface area contributed by atoms with Crippen molar-refractivity contribution in [3.05, 3.63) is 47.0 Å². The Bertz CT molecular complexity index is 337. The van der Waals surface area contributed by atoms with Gasteiger partial charge in [-0.05, 0) is 42.9 Å². The Morgan fingerprint density at radius 1 is 1.31 bits per heavy atom. The average molecular weight is 237 g/mol. The molecule has 1 aromatic carbocycles. The highest BCUT2D eigenvalue weighted by Crippen LogP contribution is 2.32. The molecule has 2 unspecified atom stereocenters. The number of hydrogen-bond acceptors (Lipinski definition) is 0. The van der Waals surface area contributed by atoms with E-state index >= 15 is 0 Å². The van der Waals surface area contributed by atoms with Gasteiger partial charge in [0.1, 0.15) is 0 Å². The molecule has 0 aliphatic heterocycles. The summed E-state index contributed by atoms with van der Waals surface area (Å²) in [6.45, 7) is 10.7. The summed E-state index contributed by atoms with van der Waals surface area (Å²) >= 11 is 5.92. The summed E-state index contributed by atoms with van der Waals surface area (Å²) in [6, 6.07) is 8.24. The van der Waals surface area contributed by atoms with E-state index in [1.807, 2.05) is 12.1 Å². The highest BCUT2D eigenvalue weighted by Gasteiger charge is 2.17. The van der Waals surface area contributed by atoms with Gasteiger partial charge in [0, 0.05) is 5.02 Å². The minimum atomic E-state index is 0.569. The van der Waals surface area contributed by atoms with Gasteiger partial charge in [0.25, 0.3) is 0 Å². The van der Waals surface area contributed by atoms with Crippen molar-refractivity contribution >= 4 is 11.6 Å². The SMILES string of the molecule is C=C(C)CC(c1ccc(Cl)cc1)C(C)CC. The molecule has 0 spiro atoms. The van der Waals surface area contributed by atoms with Gasteiger partial charge < -0.3 is 0 Å². The van der Waals surface area contributed by atoms with Crippen LogP contribution in [0.25, 0.3) is 0 Å². The van der Waals surface area contributed by atoms with Crippen molar-refractivity contribution in [1.82, 2.24) is 0 Å². The van der Waals surface area contributed by atoms with Crippen molar-refractivity contribution < 1.29 is 0 Å². The predicted molar refractivity (Wildman–Crippen MR) is 73.1 cm³/mol. The lowest BCUT2D eigenvalue weighted by Gasteiger charge is -2.23. The first kappa shape index (κ1) is 13.3. The molecule has 1 rings (SSSR count). The van der Waals surface area contributed by atoms with Crippen LogP contribution in [-0.4, -0.2) is 0 Å². The molecule has 1 heteroatoms. The maximum atomic E-state index is 5.92. The third-order valence-electron chi connectivity index (χ3n) is 3.20. The molecule has 0 amide bonds. The average Bonchev–Trinajstić information content (AvgIpc) is 2.26. The monoisotopic (exact) mass is 236 g/mol. The van der Waals surface area contributed by atoms with Crippen molar-refractivity contribution in [2.75, 3.05) is 0 Å². The summed E-state index contributed by atoms with van der Waals surface area (Å²) in [4.78, 5) is 0. The van der Waals surface area contributed by atoms with E-state index < -0.39 is 0 Å². The molecule has 0 saturated heterocycles. The second kappa shape index (κ2) is 6.10. The Morgan fingerprint density at radius 3 is 2.31 bits per heavy atom. The van der Waals surface area contributed by atoms with Crippen molar-refractivity contribution in [1.29, 1.82) is 0 Å². The fraction of sp³-hybridized carbons (Fsp3) is 0.467. The second-order valence-corrected chi connectivity index (χ2v) is 5.14. The molecule has 88 valence electrons. The fourth-order valence-corrected chi connectivity index (χ4v) is 2.14. The molecular weight excluding hydrogens is 216 g/mol. The van der Waals surface area contributed by atoms with Gasteiger partial charge in [0.05, 0.1) is 0 Å². The molecule has 2 atom stereocenters. The zero-order chi connectivity index (χ0) is 12.1. The standard InChI is InChI=1S/C15H21Cl/c1-5-12(4)15(10-11(2)3)13-6-8-14(16)9-7-13/h6-9,12,15H,2,5,10H2,1,3-4H3. The molecule has 1 aromatic rings. The fourth-order valence-electron chi connectivity index (χ4n) is 2.02. The summed E-state index contributed by atoms with van der Waals surface area (Å²) in [5.74, 6) is 1.25. The number of halogens is 1. The van der Waals surface area contributed by atoms with Crippen LogP contribution in [0.2, 0.25) is 5.02 Å². The molecular formula is C15H21Cl. The van der Waals surface area contributed by atoms with Gasteiger partial charge in [-0.2, -0.15) is 0 Å². The lowest BCUT2D eigenvalue weighted by Crippen LogP contribution is -2.09. The lowest BCUT2D eigenvalue weighted by molar-refractivity contribution is 0.442. The van der Waals surface area contributed by atoms with E-state index in [2.05, 4.69) is 39.5 Å². The minimum Gasteiger partial charge on any atom is -0.100 e. The van der Waals surface area contributed by atoms with Gasteiger partial charge in [0.2, 0.25) is 0 Å². The summed E-state index contributed by atoms with van der Waals surface area (Å²) in [6.07, 6.45) is 2.26. The molecule has 0 saturated carbocycles. The summed E-state index contributed by atoms with van der Waals surface area (Å²) in [5, 5.41) is 0.807. The summed E-state index contributed by atoms with van der Waals surface area (Å²) in [5.41, 5.74) is 2.63. The van der Waals surface area contributed by atoms with Gasteiger partial charge in [-0.3, -0.25) is 0 Å². The Morgan fingerprint density at radius 2 is 1.88 bits per heavy atom. The van der Waals surface area contributed by atoms with Crippen LogP contribution in [0.15, 0.2) is 36.4 Å². The highest BCUT2D eigenvalue weighted by atomic mass is 35.5. The molecule has 0 N–H and O–H groups in total. The van der Waals surface area contributed by atoms with Crippen LogP contribution < -0.4 is 0 Å². The lowest BCUT2D eigenvalue weighted by atomic mass is 9.81. The first-order chi connectivity index (χ1) is 7.54. The Balaban J connectivity index is 2.91. The third kappa shape index (κ3) is 3.68. The molecule has 0 aliphatic carbocycles. The van der Waals surface area contributed by atoms with E-state index in [9.17, 15) is 0 Å². The van der Waals surface area contributed by atoms with Crippen LogP contribution in [0.3, 0.4) is 0 Å². The Hall–Kier alpha value is -0.750. The van der Waals surface area contributed by atoms with Gasteiger partial charge in [-0.25, -0.2) is 0 Å². The van der Waals surface area contributed by atoms with E-state index in [0.717, 1.165) is 11.4 Å². The van der Waals surface area contributed by atoms with E-state index in [4.69, 9.17) is 11.6 Å². The predicted octanol–water partition coefficient (Wildman–Crippen LogP) is 5.44. The van der Waals surface area contributed by atoms with Crippen LogP contribution in [0.1, 0.15) is 45.1 Å². The zero-order valence-electron chi connectivity index (χ0n) is 10.5. The second-order valence-electron chi connectivity index (χ2n) is 4.70. The molecule has 16 heavy (non-hydrogen) atoms. The number of rotatable bonds is 5. The number of benzene rings is 1. The molecule has 0 aliphatic rings. The summed E-state index contributed by atoms with van der Waals surface area (Å²) in [7, 11) is 0. The van der Waals surface area contributed by atoms with E-state index in [1.165, 1.54) is 17.6 Å². The quantitative estimate of drug-likeness (QED) is 0.598. The normalized spacial score (nSPS) is 14.5. The van der Waals surface area contributed by atoms with Crippen LogP contribution >= 0.6 is 11.6 Å².